The molecule has 2 aliphatic rings. The van der Waals surface area contributed by atoms with Crippen LogP contribution in [-0.4, -0.2) is 46.9 Å². The van der Waals surface area contributed by atoms with Crippen LogP contribution < -0.4 is 15.4 Å². The average molecular weight is 459 g/mol. The minimum absolute atomic E-state index is 0.0474. The summed E-state index contributed by atoms with van der Waals surface area (Å²) in [7, 11) is 0. The number of carbonyl (C=O) groups is 3. The molecule has 8 nitrogen and oxygen atoms in total. The van der Waals surface area contributed by atoms with Crippen LogP contribution >= 0.6 is 0 Å². The van der Waals surface area contributed by atoms with Gasteiger partial charge in [0.15, 0.2) is 0 Å². The van der Waals surface area contributed by atoms with Gasteiger partial charge in [0.25, 0.3) is 5.91 Å². The van der Waals surface area contributed by atoms with Crippen LogP contribution in [0.2, 0.25) is 0 Å². The van der Waals surface area contributed by atoms with E-state index in [1.54, 1.807) is 4.90 Å². The van der Waals surface area contributed by atoms with Crippen LogP contribution in [0.4, 0.5) is 4.79 Å². The fraction of sp³-hybridized carbons (Fsp3) is 0.308. The van der Waals surface area contributed by atoms with E-state index in [1.165, 1.54) is 0 Å². The topological polar surface area (TPSA) is 101 Å². The summed E-state index contributed by atoms with van der Waals surface area (Å²) in [6.07, 6.45) is 0.636. The summed E-state index contributed by atoms with van der Waals surface area (Å²) in [5, 5.41) is 5.83. The second-order valence-electron chi connectivity index (χ2n) is 9.10. The molecule has 1 unspecified atom stereocenters. The molecule has 8 heteroatoms. The molecule has 0 spiro atoms. The standard InChI is InChI=1S/C26H26N4O4/c1-16-13-17(20-5-3-4-6-21(20)27-16)15-34-19-9-7-18(8-10-19)26(2)11-12-30(24(26)32)14-22-23(31)29-25(33)28-22/h3-10,13,22H,11-12,14-15H2,1-2H3,(H2,28,29,31,33)/t22?,26-/m0/s1. The van der Waals surface area contributed by atoms with Crippen LogP contribution in [0.3, 0.4) is 0 Å². The van der Waals surface area contributed by atoms with E-state index in [2.05, 4.69) is 15.6 Å². The lowest BCUT2D eigenvalue weighted by atomic mass is 9.81. The van der Waals surface area contributed by atoms with Crippen molar-refractivity contribution in [3.8, 4) is 5.75 Å². The quantitative estimate of drug-likeness (QED) is 0.554. The van der Waals surface area contributed by atoms with Gasteiger partial charge < -0.3 is 15.0 Å². The molecular formula is C26H26N4O4. The van der Waals surface area contributed by atoms with Crippen molar-refractivity contribution in [2.45, 2.75) is 38.3 Å². The Labute approximate surface area is 197 Å². The number of rotatable bonds is 6. The zero-order valence-corrected chi connectivity index (χ0v) is 19.1. The van der Waals surface area contributed by atoms with E-state index in [9.17, 15) is 14.4 Å². The summed E-state index contributed by atoms with van der Waals surface area (Å²) in [6, 6.07) is 16.4. The number of aryl methyl sites for hydroxylation is 1. The Morgan fingerprint density at radius 2 is 1.88 bits per heavy atom. The summed E-state index contributed by atoms with van der Waals surface area (Å²) in [4.78, 5) is 42.6. The summed E-state index contributed by atoms with van der Waals surface area (Å²) < 4.78 is 6.06. The highest BCUT2D eigenvalue weighted by atomic mass is 16.5. The number of fused-ring (bicyclic) bond motifs is 1. The van der Waals surface area contributed by atoms with Gasteiger partial charge >= 0.3 is 6.03 Å². The molecular weight excluding hydrogens is 432 g/mol. The number of pyridine rings is 1. The normalized spacial score (nSPS) is 22.2. The van der Waals surface area contributed by atoms with Crippen LogP contribution in [0.25, 0.3) is 10.9 Å². The smallest absolute Gasteiger partial charge is 0.322 e. The third kappa shape index (κ3) is 3.96. The molecule has 5 rings (SSSR count). The Bertz CT molecular complexity index is 1290. The van der Waals surface area contributed by atoms with E-state index < -0.39 is 23.4 Å². The van der Waals surface area contributed by atoms with E-state index in [0.717, 1.165) is 33.5 Å². The Morgan fingerprint density at radius 1 is 1.12 bits per heavy atom. The lowest BCUT2D eigenvalue weighted by molar-refractivity contribution is -0.132. The predicted molar refractivity (Wildman–Crippen MR) is 126 cm³/mol. The van der Waals surface area contributed by atoms with Crippen molar-refractivity contribution in [2.24, 2.45) is 0 Å². The number of para-hydroxylation sites is 1. The molecule has 2 fully saturated rings. The molecule has 3 aromatic rings. The first kappa shape index (κ1) is 21.9. The maximum Gasteiger partial charge on any atom is 0.322 e. The van der Waals surface area contributed by atoms with E-state index in [0.29, 0.717) is 19.6 Å². The van der Waals surface area contributed by atoms with Crippen molar-refractivity contribution in [2.75, 3.05) is 13.1 Å². The molecule has 2 saturated heterocycles. The van der Waals surface area contributed by atoms with Gasteiger partial charge in [0.1, 0.15) is 18.4 Å². The Hall–Kier alpha value is -3.94. The van der Waals surface area contributed by atoms with Crippen molar-refractivity contribution in [1.82, 2.24) is 20.5 Å². The minimum atomic E-state index is -0.706. The highest BCUT2D eigenvalue weighted by Crippen LogP contribution is 2.36. The number of likely N-dealkylation sites (tertiary alicyclic amines) is 1. The van der Waals surface area contributed by atoms with Crippen LogP contribution in [0.15, 0.2) is 54.6 Å². The van der Waals surface area contributed by atoms with Crippen LogP contribution in [0.1, 0.15) is 30.2 Å². The molecule has 1 aromatic heterocycles. The molecule has 2 N–H and O–H groups in total. The van der Waals surface area contributed by atoms with Crippen molar-refractivity contribution in [3.63, 3.8) is 0 Å². The summed E-state index contributed by atoms with van der Waals surface area (Å²) >= 11 is 0. The summed E-state index contributed by atoms with van der Waals surface area (Å²) in [5.41, 5.74) is 3.18. The summed E-state index contributed by atoms with van der Waals surface area (Å²) in [6.45, 7) is 5.02. The third-order valence-electron chi connectivity index (χ3n) is 6.72. The maximum absolute atomic E-state index is 13.2. The number of aromatic nitrogens is 1. The second-order valence-corrected chi connectivity index (χ2v) is 9.10. The van der Waals surface area contributed by atoms with Gasteiger partial charge in [-0.05, 0) is 50.1 Å². The zero-order chi connectivity index (χ0) is 23.9. The average Bonchev–Trinajstić information content (AvgIpc) is 3.30. The molecule has 0 saturated carbocycles. The number of urea groups is 1. The molecule has 0 aliphatic carbocycles. The van der Waals surface area contributed by atoms with Crippen molar-refractivity contribution < 1.29 is 19.1 Å². The van der Waals surface area contributed by atoms with E-state index in [4.69, 9.17) is 4.74 Å². The minimum Gasteiger partial charge on any atom is -0.489 e. The van der Waals surface area contributed by atoms with E-state index in [-0.39, 0.29) is 12.5 Å². The van der Waals surface area contributed by atoms with Crippen LogP contribution in [0.5, 0.6) is 5.75 Å². The zero-order valence-electron chi connectivity index (χ0n) is 19.1. The summed E-state index contributed by atoms with van der Waals surface area (Å²) in [5.74, 6) is 0.275. The Morgan fingerprint density at radius 3 is 2.62 bits per heavy atom. The number of imide groups is 1. The molecule has 3 heterocycles. The largest absolute Gasteiger partial charge is 0.489 e. The lowest BCUT2D eigenvalue weighted by Crippen LogP contribution is -2.45. The maximum atomic E-state index is 13.2. The number of hydrogen-bond acceptors (Lipinski definition) is 5. The lowest BCUT2D eigenvalue weighted by Gasteiger charge is -2.25. The van der Waals surface area contributed by atoms with Gasteiger partial charge in [-0.15, -0.1) is 0 Å². The second kappa shape index (κ2) is 8.44. The van der Waals surface area contributed by atoms with Gasteiger partial charge in [0, 0.05) is 29.7 Å². The van der Waals surface area contributed by atoms with Crippen LogP contribution in [-0.2, 0) is 21.6 Å². The number of benzene rings is 2. The first-order chi connectivity index (χ1) is 16.3. The number of amides is 4. The van der Waals surface area contributed by atoms with Crippen molar-refractivity contribution in [1.29, 1.82) is 0 Å². The van der Waals surface area contributed by atoms with Crippen LogP contribution in [0, 0.1) is 6.92 Å². The molecule has 174 valence electrons. The molecule has 4 amide bonds. The molecule has 0 radical (unpaired) electrons. The van der Waals surface area contributed by atoms with Crippen molar-refractivity contribution >= 4 is 28.7 Å². The number of hydrogen-bond donors (Lipinski definition) is 2. The number of carbonyl (C=O) groups excluding carboxylic acids is 3. The number of nitrogens with zero attached hydrogens (tertiary/aromatic N) is 2. The molecule has 2 aromatic carbocycles. The SMILES string of the molecule is Cc1cc(COc2ccc([C@]3(C)CCN(CC4NC(=O)NC4=O)C3=O)cc2)c2ccccc2n1. The highest BCUT2D eigenvalue weighted by Gasteiger charge is 2.45. The van der Waals surface area contributed by atoms with Gasteiger partial charge in [0.05, 0.1) is 10.9 Å². The van der Waals surface area contributed by atoms with E-state index in [1.807, 2.05) is 68.4 Å². The van der Waals surface area contributed by atoms with Crippen molar-refractivity contribution in [3.05, 3.63) is 71.4 Å². The van der Waals surface area contributed by atoms with Gasteiger partial charge in [-0.2, -0.15) is 0 Å². The third-order valence-corrected chi connectivity index (χ3v) is 6.72. The first-order valence-electron chi connectivity index (χ1n) is 11.3. The number of nitrogens with one attached hydrogen (secondary N) is 2. The fourth-order valence-corrected chi connectivity index (χ4v) is 4.76. The number of ether oxygens (including phenoxy) is 1. The van der Waals surface area contributed by atoms with E-state index >= 15 is 0 Å². The monoisotopic (exact) mass is 458 g/mol. The van der Waals surface area contributed by atoms with Gasteiger partial charge in [-0.1, -0.05) is 30.3 Å². The first-order valence-corrected chi connectivity index (χ1v) is 11.3. The predicted octanol–water partition coefficient (Wildman–Crippen LogP) is 2.82. The Balaban J connectivity index is 1.27. The molecule has 2 aliphatic heterocycles. The molecule has 2 atom stereocenters. The molecule has 34 heavy (non-hydrogen) atoms. The Kier molecular flexibility index (Phi) is 5.43. The highest BCUT2D eigenvalue weighted by molar-refractivity contribution is 6.04. The van der Waals surface area contributed by atoms with Gasteiger partial charge in [-0.3, -0.25) is 19.9 Å². The van der Waals surface area contributed by atoms with Gasteiger partial charge in [-0.25, -0.2) is 4.79 Å². The fourth-order valence-electron chi connectivity index (χ4n) is 4.76. The molecule has 0 bridgehead atoms. The van der Waals surface area contributed by atoms with Gasteiger partial charge in [0.2, 0.25) is 5.91 Å².